The summed E-state index contributed by atoms with van der Waals surface area (Å²) >= 11 is 7.50. The third-order valence-corrected chi connectivity index (χ3v) is 5.17. The Kier molecular flexibility index (Phi) is 3.95. The molecule has 3 rings (SSSR count). The Bertz CT molecular complexity index is 681. The molecule has 1 N–H and O–H groups in total. The maximum atomic E-state index is 13.8. The normalized spacial score (nSPS) is 17.5. The van der Waals surface area contributed by atoms with Crippen LogP contribution in [0, 0.1) is 5.82 Å². The fraction of sp³-hybridized carbons (Fsp3) is 0.333. The van der Waals surface area contributed by atoms with Gasteiger partial charge in [0.05, 0.1) is 16.6 Å². The lowest BCUT2D eigenvalue weighted by atomic mass is 9.91. The van der Waals surface area contributed by atoms with Gasteiger partial charge in [0, 0.05) is 21.9 Å². The molecule has 1 aliphatic rings. The van der Waals surface area contributed by atoms with Crippen molar-refractivity contribution in [2.45, 2.75) is 31.6 Å². The Balaban J connectivity index is 1.93. The van der Waals surface area contributed by atoms with Crippen molar-refractivity contribution in [2.75, 3.05) is 0 Å². The molecule has 0 bridgehead atoms. The molecule has 2 aromatic rings. The molecule has 0 saturated carbocycles. The number of hydrogen-bond donors (Lipinski definition) is 1. The van der Waals surface area contributed by atoms with Crippen LogP contribution in [-0.2, 0) is 17.6 Å². The quantitative estimate of drug-likeness (QED) is 0.926. The van der Waals surface area contributed by atoms with Crippen LogP contribution in [0.15, 0.2) is 18.2 Å². The van der Waals surface area contributed by atoms with Crippen molar-refractivity contribution in [3.05, 3.63) is 50.2 Å². The molecular formula is C15H13ClFNO2S. The van der Waals surface area contributed by atoms with Gasteiger partial charge in [-0.2, -0.15) is 0 Å². The van der Waals surface area contributed by atoms with Crippen molar-refractivity contribution < 1.29 is 14.3 Å². The number of carboxylic acids is 1. The van der Waals surface area contributed by atoms with E-state index in [1.807, 2.05) is 0 Å². The molecule has 0 radical (unpaired) electrons. The number of carboxylic acid groups (broad SMARTS) is 1. The van der Waals surface area contributed by atoms with Gasteiger partial charge in [-0.05, 0) is 31.4 Å². The molecule has 21 heavy (non-hydrogen) atoms. The lowest BCUT2D eigenvalue weighted by Crippen LogP contribution is -2.17. The number of benzene rings is 1. The number of carbonyl (C=O) groups is 1. The van der Waals surface area contributed by atoms with E-state index in [1.54, 1.807) is 12.1 Å². The van der Waals surface area contributed by atoms with Gasteiger partial charge in [0.25, 0.3) is 0 Å². The summed E-state index contributed by atoms with van der Waals surface area (Å²) in [5, 5.41) is 10.4. The molecule has 1 aromatic heterocycles. The number of thiazole rings is 1. The van der Waals surface area contributed by atoms with Crippen molar-refractivity contribution >= 4 is 28.9 Å². The number of rotatable bonds is 3. The Hall–Kier alpha value is -1.46. The van der Waals surface area contributed by atoms with E-state index in [1.165, 1.54) is 17.4 Å². The highest BCUT2D eigenvalue weighted by Gasteiger charge is 2.30. The summed E-state index contributed by atoms with van der Waals surface area (Å²) in [7, 11) is 0. The summed E-state index contributed by atoms with van der Waals surface area (Å²) in [6.45, 7) is 0. The Morgan fingerprint density at radius 3 is 3.05 bits per heavy atom. The summed E-state index contributed by atoms with van der Waals surface area (Å²) in [6.07, 6.45) is 2.62. The van der Waals surface area contributed by atoms with Gasteiger partial charge in [0.1, 0.15) is 5.82 Å². The van der Waals surface area contributed by atoms with Gasteiger partial charge in [-0.25, -0.2) is 9.37 Å². The molecule has 1 unspecified atom stereocenters. The molecule has 3 nitrogen and oxygen atoms in total. The van der Waals surface area contributed by atoms with Crippen LogP contribution in [0.4, 0.5) is 4.39 Å². The lowest BCUT2D eigenvalue weighted by molar-refractivity contribution is -0.139. The first kappa shape index (κ1) is 14.5. The minimum atomic E-state index is -0.836. The maximum Gasteiger partial charge on any atom is 0.312 e. The van der Waals surface area contributed by atoms with Crippen molar-refractivity contribution in [3.63, 3.8) is 0 Å². The standard InChI is InChI=1S/C15H13ClFNO2S/c16-10-4-2-5-11(17)9(10)7-13-18-14-8(15(19)20)3-1-6-12(14)21-13/h2,4-5,8H,1,3,6-7H2,(H,19,20). The fourth-order valence-electron chi connectivity index (χ4n) is 2.64. The maximum absolute atomic E-state index is 13.8. The molecule has 0 amide bonds. The van der Waals surface area contributed by atoms with E-state index in [2.05, 4.69) is 4.98 Å². The van der Waals surface area contributed by atoms with E-state index in [0.717, 1.165) is 22.7 Å². The van der Waals surface area contributed by atoms with E-state index in [-0.39, 0.29) is 5.82 Å². The molecule has 6 heteroatoms. The molecule has 1 atom stereocenters. The van der Waals surface area contributed by atoms with Crippen LogP contribution in [0.5, 0.6) is 0 Å². The first-order valence-electron chi connectivity index (χ1n) is 6.70. The first-order chi connectivity index (χ1) is 10.1. The Morgan fingerprint density at radius 2 is 2.33 bits per heavy atom. The molecule has 1 aromatic carbocycles. The van der Waals surface area contributed by atoms with Gasteiger partial charge in [0.2, 0.25) is 0 Å². The zero-order valence-corrected chi connectivity index (χ0v) is 12.7. The van der Waals surface area contributed by atoms with Gasteiger partial charge in [-0.3, -0.25) is 4.79 Å². The lowest BCUT2D eigenvalue weighted by Gasteiger charge is -2.16. The Labute approximate surface area is 130 Å². The topological polar surface area (TPSA) is 50.2 Å². The first-order valence-corrected chi connectivity index (χ1v) is 7.90. The van der Waals surface area contributed by atoms with Gasteiger partial charge < -0.3 is 5.11 Å². The van der Waals surface area contributed by atoms with Crippen molar-refractivity contribution in [1.29, 1.82) is 0 Å². The predicted molar refractivity (Wildman–Crippen MR) is 79.6 cm³/mol. The number of aromatic nitrogens is 1. The van der Waals surface area contributed by atoms with E-state index < -0.39 is 11.9 Å². The number of aliphatic carboxylic acids is 1. The number of aryl methyl sites for hydroxylation is 1. The molecule has 0 fully saturated rings. The number of hydrogen-bond acceptors (Lipinski definition) is 3. The number of halogens is 2. The molecule has 1 heterocycles. The third kappa shape index (κ3) is 2.80. The average Bonchev–Trinajstić information content (AvgIpc) is 2.85. The number of fused-ring (bicyclic) bond motifs is 1. The minimum absolute atomic E-state index is 0.301. The largest absolute Gasteiger partial charge is 0.481 e. The average molecular weight is 326 g/mol. The van der Waals surface area contributed by atoms with Crippen molar-refractivity contribution in [2.24, 2.45) is 0 Å². The van der Waals surface area contributed by atoms with E-state index >= 15 is 0 Å². The van der Waals surface area contributed by atoms with Crippen LogP contribution in [0.2, 0.25) is 5.02 Å². The second kappa shape index (κ2) is 5.73. The Morgan fingerprint density at radius 1 is 1.52 bits per heavy atom. The summed E-state index contributed by atoms with van der Waals surface area (Å²) in [5.74, 6) is -1.72. The van der Waals surface area contributed by atoms with Crippen molar-refractivity contribution in [1.82, 2.24) is 4.98 Å². The monoisotopic (exact) mass is 325 g/mol. The molecular weight excluding hydrogens is 313 g/mol. The minimum Gasteiger partial charge on any atom is -0.481 e. The molecule has 0 spiro atoms. The second-order valence-electron chi connectivity index (χ2n) is 5.08. The van der Waals surface area contributed by atoms with Crippen molar-refractivity contribution in [3.8, 4) is 0 Å². The summed E-state index contributed by atoms with van der Waals surface area (Å²) < 4.78 is 13.8. The SMILES string of the molecule is O=C(O)C1CCCc2sc(Cc3c(F)cccc3Cl)nc21. The highest BCUT2D eigenvalue weighted by molar-refractivity contribution is 7.11. The highest BCUT2D eigenvalue weighted by Crippen LogP contribution is 2.36. The zero-order valence-electron chi connectivity index (χ0n) is 11.1. The van der Waals surface area contributed by atoms with Gasteiger partial charge in [-0.15, -0.1) is 11.3 Å². The smallest absolute Gasteiger partial charge is 0.312 e. The van der Waals surface area contributed by atoms with Crippen LogP contribution in [-0.4, -0.2) is 16.1 Å². The van der Waals surface area contributed by atoms with E-state index in [9.17, 15) is 14.3 Å². The fourth-order valence-corrected chi connectivity index (χ4v) is 4.05. The highest BCUT2D eigenvalue weighted by atomic mass is 35.5. The summed E-state index contributed by atoms with van der Waals surface area (Å²) in [4.78, 5) is 16.7. The van der Waals surface area contributed by atoms with Crippen LogP contribution >= 0.6 is 22.9 Å². The molecule has 0 aliphatic heterocycles. The molecule has 0 saturated heterocycles. The predicted octanol–water partition coefficient (Wildman–Crippen LogP) is 4.03. The van der Waals surface area contributed by atoms with Crippen LogP contribution < -0.4 is 0 Å². The van der Waals surface area contributed by atoms with E-state index in [4.69, 9.17) is 11.6 Å². The van der Waals surface area contributed by atoms with E-state index in [0.29, 0.717) is 29.1 Å². The number of nitrogens with zero attached hydrogens (tertiary/aromatic N) is 1. The van der Waals surface area contributed by atoms with Crippen LogP contribution in [0.1, 0.15) is 39.9 Å². The molecule has 1 aliphatic carbocycles. The zero-order chi connectivity index (χ0) is 15.0. The molecule has 110 valence electrons. The second-order valence-corrected chi connectivity index (χ2v) is 6.65. The summed E-state index contributed by atoms with van der Waals surface area (Å²) in [6, 6.07) is 4.58. The van der Waals surface area contributed by atoms with Crippen LogP contribution in [0.25, 0.3) is 0 Å². The van der Waals surface area contributed by atoms with Crippen LogP contribution in [0.3, 0.4) is 0 Å². The summed E-state index contributed by atoms with van der Waals surface area (Å²) in [5.41, 5.74) is 1.07. The van der Waals surface area contributed by atoms with Gasteiger partial charge in [-0.1, -0.05) is 17.7 Å². The van der Waals surface area contributed by atoms with Gasteiger partial charge in [0.15, 0.2) is 0 Å². The third-order valence-electron chi connectivity index (χ3n) is 3.69. The van der Waals surface area contributed by atoms with Gasteiger partial charge >= 0.3 is 5.97 Å².